The van der Waals surface area contributed by atoms with Crippen LogP contribution in [0.1, 0.15) is 90.4 Å². The average Bonchev–Trinajstić information content (AvgIpc) is 3.02. The van der Waals surface area contributed by atoms with E-state index in [4.69, 9.17) is 14.2 Å². The smallest absolute Gasteiger partial charge is 0.342 e. The van der Waals surface area contributed by atoms with Crippen LogP contribution in [0.3, 0.4) is 0 Å². The molecule has 0 saturated carbocycles. The van der Waals surface area contributed by atoms with Crippen LogP contribution >= 0.6 is 0 Å². The molecule has 0 saturated heterocycles. The van der Waals surface area contributed by atoms with E-state index in [1.54, 1.807) is 69.7 Å². The Hall–Kier alpha value is -4.79. The van der Waals surface area contributed by atoms with Gasteiger partial charge in [0.05, 0.1) is 20.3 Å². The number of carbonyl (C=O) groups is 3. The minimum absolute atomic E-state index is 0.0447. The van der Waals surface area contributed by atoms with E-state index in [1.807, 2.05) is 12.1 Å². The van der Waals surface area contributed by atoms with Gasteiger partial charge in [0.15, 0.2) is 0 Å². The van der Waals surface area contributed by atoms with Crippen molar-refractivity contribution < 1.29 is 38.8 Å². The molecule has 45 heavy (non-hydrogen) atoms. The lowest BCUT2D eigenvalue weighted by Crippen LogP contribution is -2.25. The Balaban J connectivity index is 1.72. The fraction of sp³-hybridized carbons (Fsp3) is 0.361. The Bertz CT molecular complexity index is 1510. The van der Waals surface area contributed by atoms with Crippen molar-refractivity contribution in [3.63, 3.8) is 0 Å². The molecule has 0 radical (unpaired) electrons. The third kappa shape index (κ3) is 8.88. The molecule has 1 aliphatic heterocycles. The minimum atomic E-state index is -0.814. The number of esters is 1. The van der Waals surface area contributed by atoms with Crippen molar-refractivity contribution >= 4 is 23.7 Å². The van der Waals surface area contributed by atoms with E-state index in [2.05, 4.69) is 5.32 Å². The van der Waals surface area contributed by atoms with Crippen molar-refractivity contribution in [2.45, 2.75) is 70.4 Å². The van der Waals surface area contributed by atoms with Crippen LogP contribution in [0.5, 0.6) is 23.0 Å². The van der Waals surface area contributed by atoms with Gasteiger partial charge in [-0.25, -0.2) is 4.79 Å². The fourth-order valence-corrected chi connectivity index (χ4v) is 5.44. The largest absolute Gasteiger partial charge is 0.507 e. The lowest BCUT2D eigenvalue weighted by atomic mass is 9.84. The van der Waals surface area contributed by atoms with Crippen molar-refractivity contribution in [3.8, 4) is 23.0 Å². The van der Waals surface area contributed by atoms with E-state index in [0.29, 0.717) is 55.6 Å². The molecule has 1 amide bonds. The van der Waals surface area contributed by atoms with E-state index in [0.717, 1.165) is 5.56 Å². The quantitative estimate of drug-likeness (QED) is 0.247. The van der Waals surface area contributed by atoms with E-state index >= 15 is 0 Å². The summed E-state index contributed by atoms with van der Waals surface area (Å²) < 4.78 is 16.2. The highest BCUT2D eigenvalue weighted by Gasteiger charge is 2.31. The molecular formula is C36H41NO8. The van der Waals surface area contributed by atoms with Crippen LogP contribution in [0.2, 0.25) is 0 Å². The number of aromatic hydroxyl groups is 2. The second kappa shape index (κ2) is 15.8. The number of hydrogen-bond acceptors (Lipinski definition) is 8. The fourth-order valence-electron chi connectivity index (χ4n) is 5.44. The summed E-state index contributed by atoms with van der Waals surface area (Å²) in [6, 6.07) is 15.7. The number of phenols is 2. The van der Waals surface area contributed by atoms with Crippen molar-refractivity contribution in [3.05, 3.63) is 88.5 Å². The molecule has 0 aliphatic carbocycles. The summed E-state index contributed by atoms with van der Waals surface area (Å²) in [5, 5.41) is 26.0. The molecule has 0 bridgehead atoms. The minimum Gasteiger partial charge on any atom is -0.507 e. The number of nitrogens with one attached hydrogen (secondary N) is 1. The highest BCUT2D eigenvalue weighted by molar-refractivity contribution is 5.98. The Morgan fingerprint density at radius 2 is 1.62 bits per heavy atom. The molecular weight excluding hydrogens is 574 g/mol. The summed E-state index contributed by atoms with van der Waals surface area (Å²) in [6.07, 6.45) is 6.05. The van der Waals surface area contributed by atoms with Crippen LogP contribution in [-0.4, -0.2) is 48.2 Å². The standard InChI is InChI=1S/C36H41NO8/c1-23-8-7-11-27(38)10-6-4-5-9-26-20-31(39)34(35(41)33(26)36(42)45-23)30(25-14-18-29(44-3)19-15-25)21-32(40)37-22-24-12-16-28(43-2)17-13-24/h5,9,12-20,23,30,39,41H,4,6-8,10-11,21-22H2,1-3H3,(H,37,40). The molecule has 3 aromatic rings. The zero-order chi connectivity index (χ0) is 32.3. The number of amides is 1. The first-order valence-corrected chi connectivity index (χ1v) is 15.2. The van der Waals surface area contributed by atoms with Crippen LogP contribution in [0, 0.1) is 0 Å². The molecule has 0 spiro atoms. The maximum absolute atomic E-state index is 13.5. The SMILES string of the molecule is COc1ccc(CNC(=O)CC(c2ccc(OC)cc2)c2c(O)cc3c(c2O)C(=O)OC(C)CCCC(=O)CCCC=C3)cc1. The summed E-state index contributed by atoms with van der Waals surface area (Å²) in [5.41, 5.74) is 1.74. The Kier molecular flexibility index (Phi) is 11.6. The molecule has 238 valence electrons. The Morgan fingerprint density at radius 1 is 0.978 bits per heavy atom. The van der Waals surface area contributed by atoms with E-state index in [-0.39, 0.29) is 47.1 Å². The van der Waals surface area contributed by atoms with E-state index in [1.165, 1.54) is 6.07 Å². The summed E-state index contributed by atoms with van der Waals surface area (Å²) in [7, 11) is 3.13. The summed E-state index contributed by atoms with van der Waals surface area (Å²) >= 11 is 0. The van der Waals surface area contributed by atoms with Crippen molar-refractivity contribution in [1.82, 2.24) is 5.32 Å². The first kappa shape index (κ1) is 33.1. The Labute approximate surface area is 263 Å². The molecule has 4 rings (SSSR count). The molecule has 1 aliphatic rings. The maximum atomic E-state index is 13.5. The molecule has 9 heteroatoms. The number of fused-ring (bicyclic) bond motifs is 1. The summed E-state index contributed by atoms with van der Waals surface area (Å²) in [4.78, 5) is 39.0. The third-order valence-electron chi connectivity index (χ3n) is 7.96. The van der Waals surface area contributed by atoms with Crippen LogP contribution in [0.25, 0.3) is 6.08 Å². The molecule has 3 N–H and O–H groups in total. The monoisotopic (exact) mass is 615 g/mol. The van der Waals surface area contributed by atoms with Gasteiger partial charge in [-0.2, -0.15) is 0 Å². The number of ketones is 1. The van der Waals surface area contributed by atoms with Gasteiger partial charge in [-0.15, -0.1) is 0 Å². The number of rotatable bonds is 8. The predicted octanol–water partition coefficient (Wildman–Crippen LogP) is 6.44. The van der Waals surface area contributed by atoms with Gasteiger partial charge < -0.3 is 29.7 Å². The highest BCUT2D eigenvalue weighted by Crippen LogP contribution is 2.44. The van der Waals surface area contributed by atoms with Gasteiger partial charge >= 0.3 is 5.97 Å². The summed E-state index contributed by atoms with van der Waals surface area (Å²) in [5.74, 6) is -1.12. The van der Waals surface area contributed by atoms with Gasteiger partial charge in [-0.3, -0.25) is 9.59 Å². The van der Waals surface area contributed by atoms with Crippen LogP contribution < -0.4 is 14.8 Å². The van der Waals surface area contributed by atoms with Crippen molar-refractivity contribution in [2.24, 2.45) is 0 Å². The van der Waals surface area contributed by atoms with Gasteiger partial charge in [-0.05, 0) is 79.6 Å². The number of hydrogen-bond donors (Lipinski definition) is 3. The molecule has 9 nitrogen and oxygen atoms in total. The number of methoxy groups -OCH3 is 2. The number of phenolic OH excluding ortho intramolecular Hbond substituents is 2. The third-order valence-corrected chi connectivity index (χ3v) is 7.96. The maximum Gasteiger partial charge on any atom is 0.342 e. The molecule has 0 fully saturated rings. The van der Waals surface area contributed by atoms with Crippen LogP contribution in [0.15, 0.2) is 60.7 Å². The first-order valence-electron chi connectivity index (χ1n) is 15.2. The predicted molar refractivity (Wildman–Crippen MR) is 171 cm³/mol. The van der Waals surface area contributed by atoms with E-state index < -0.39 is 23.7 Å². The molecule has 1 heterocycles. The number of allylic oxidation sites excluding steroid dienone is 1. The number of benzene rings is 3. The molecule has 2 unspecified atom stereocenters. The van der Waals surface area contributed by atoms with Crippen molar-refractivity contribution in [1.29, 1.82) is 0 Å². The van der Waals surface area contributed by atoms with Crippen LogP contribution in [0.4, 0.5) is 0 Å². The van der Waals surface area contributed by atoms with Gasteiger partial charge in [0.25, 0.3) is 0 Å². The topological polar surface area (TPSA) is 131 Å². The first-order chi connectivity index (χ1) is 21.7. The second-order valence-corrected chi connectivity index (χ2v) is 11.2. The van der Waals surface area contributed by atoms with Gasteiger partial charge in [0.1, 0.15) is 34.3 Å². The number of ether oxygens (including phenoxy) is 3. The van der Waals surface area contributed by atoms with E-state index in [9.17, 15) is 24.6 Å². The number of cyclic esters (lactones) is 1. The zero-order valence-corrected chi connectivity index (χ0v) is 26.0. The molecule has 0 aromatic heterocycles. The lowest BCUT2D eigenvalue weighted by molar-refractivity contribution is -0.121. The van der Waals surface area contributed by atoms with Gasteiger partial charge in [-0.1, -0.05) is 36.4 Å². The van der Waals surface area contributed by atoms with Crippen molar-refractivity contribution in [2.75, 3.05) is 14.2 Å². The lowest BCUT2D eigenvalue weighted by Gasteiger charge is -2.23. The van der Waals surface area contributed by atoms with Crippen LogP contribution in [-0.2, 0) is 20.9 Å². The average molecular weight is 616 g/mol. The normalized spacial score (nSPS) is 16.6. The molecule has 3 aromatic carbocycles. The summed E-state index contributed by atoms with van der Waals surface area (Å²) in [6.45, 7) is 2.01. The number of carbonyl (C=O) groups excluding carboxylic acids is 3. The Morgan fingerprint density at radius 3 is 2.29 bits per heavy atom. The van der Waals surface area contributed by atoms with Gasteiger partial charge in [0, 0.05) is 37.3 Å². The zero-order valence-electron chi connectivity index (χ0n) is 26.0. The molecule has 2 atom stereocenters. The second-order valence-electron chi connectivity index (χ2n) is 11.2. The highest BCUT2D eigenvalue weighted by atomic mass is 16.5. The number of Topliss-reactive ketones (excluding diaryl/α,β-unsaturated/α-hetero) is 1. The van der Waals surface area contributed by atoms with Gasteiger partial charge in [0.2, 0.25) is 5.91 Å².